The number of benzene rings is 1. The highest BCUT2D eigenvalue weighted by molar-refractivity contribution is 7.89. The first kappa shape index (κ1) is 15.8. The lowest BCUT2D eigenvalue weighted by Gasteiger charge is -2.40. The predicted octanol–water partition coefficient (Wildman–Crippen LogP) is 2.40. The van der Waals surface area contributed by atoms with Crippen molar-refractivity contribution in [1.82, 2.24) is 4.31 Å². The van der Waals surface area contributed by atoms with Crippen molar-refractivity contribution in [3.05, 3.63) is 29.8 Å². The van der Waals surface area contributed by atoms with E-state index >= 15 is 0 Å². The minimum atomic E-state index is -3.52. The summed E-state index contributed by atoms with van der Waals surface area (Å²) in [5.74, 6) is 0. The fourth-order valence-corrected chi connectivity index (χ4v) is 4.62. The predicted molar refractivity (Wildman–Crippen MR) is 79.6 cm³/mol. The summed E-state index contributed by atoms with van der Waals surface area (Å²) >= 11 is 6.21. The smallest absolute Gasteiger partial charge is 0.243 e. The summed E-state index contributed by atoms with van der Waals surface area (Å²) < 4.78 is 32.2. The number of ether oxygens (including phenoxy) is 1. The zero-order valence-electron chi connectivity index (χ0n) is 12.0. The minimum Gasteiger partial charge on any atom is -0.377 e. The number of alkyl halides is 1. The molecule has 1 aromatic carbocycles. The fourth-order valence-electron chi connectivity index (χ4n) is 2.45. The second-order valence-electron chi connectivity index (χ2n) is 5.57. The number of rotatable bonds is 3. The molecule has 4 nitrogen and oxygen atoms in total. The summed E-state index contributed by atoms with van der Waals surface area (Å²) in [6, 6.07) is 6.86. The van der Waals surface area contributed by atoms with Gasteiger partial charge in [0.05, 0.1) is 15.9 Å². The van der Waals surface area contributed by atoms with Gasteiger partial charge in [-0.05, 0) is 32.4 Å². The second kappa shape index (κ2) is 5.64. The van der Waals surface area contributed by atoms with Crippen LogP contribution in [-0.2, 0) is 14.8 Å². The zero-order chi connectivity index (χ0) is 15.0. The molecular formula is C14H20ClNO3S. The van der Waals surface area contributed by atoms with Crippen LogP contribution in [0.4, 0.5) is 0 Å². The van der Waals surface area contributed by atoms with Crippen molar-refractivity contribution in [2.75, 3.05) is 20.2 Å². The Morgan fingerprint density at radius 1 is 1.35 bits per heavy atom. The molecule has 0 radical (unpaired) electrons. The highest BCUT2D eigenvalue weighted by Crippen LogP contribution is 2.30. The third-order valence-corrected chi connectivity index (χ3v) is 5.84. The number of hydrogen-bond donors (Lipinski definition) is 0. The lowest BCUT2D eigenvalue weighted by Crippen LogP contribution is -2.53. The van der Waals surface area contributed by atoms with E-state index in [1.54, 1.807) is 31.4 Å². The molecule has 0 N–H and O–H groups in total. The van der Waals surface area contributed by atoms with E-state index in [1.807, 2.05) is 13.8 Å². The molecule has 0 spiro atoms. The Bertz CT molecular complexity index is 573. The average molecular weight is 318 g/mol. The monoisotopic (exact) mass is 317 g/mol. The van der Waals surface area contributed by atoms with Crippen molar-refractivity contribution < 1.29 is 13.2 Å². The molecule has 0 aliphatic carbocycles. The van der Waals surface area contributed by atoms with Gasteiger partial charge in [-0.15, -0.1) is 11.6 Å². The van der Waals surface area contributed by atoms with Gasteiger partial charge in [0.25, 0.3) is 0 Å². The van der Waals surface area contributed by atoms with Gasteiger partial charge in [0, 0.05) is 20.2 Å². The van der Waals surface area contributed by atoms with Crippen LogP contribution in [0.15, 0.2) is 29.2 Å². The average Bonchev–Trinajstić information content (AvgIpc) is 2.38. The fraction of sp³-hybridized carbons (Fsp3) is 0.571. The molecule has 0 aromatic heterocycles. The molecule has 2 rings (SSSR count). The molecule has 0 saturated carbocycles. The Hall–Kier alpha value is -0.620. The summed E-state index contributed by atoms with van der Waals surface area (Å²) in [4.78, 5) is 0.298. The highest BCUT2D eigenvalue weighted by atomic mass is 35.5. The van der Waals surface area contributed by atoms with E-state index in [0.29, 0.717) is 24.4 Å². The Balaban J connectivity index is 2.31. The molecule has 1 saturated heterocycles. The third-order valence-electron chi connectivity index (χ3n) is 3.72. The van der Waals surface area contributed by atoms with E-state index in [-0.39, 0.29) is 5.38 Å². The summed E-state index contributed by atoms with van der Waals surface area (Å²) in [6.45, 7) is 4.45. The molecular weight excluding hydrogens is 298 g/mol. The van der Waals surface area contributed by atoms with E-state index in [2.05, 4.69) is 0 Å². The van der Waals surface area contributed by atoms with Crippen LogP contribution < -0.4 is 0 Å². The molecule has 20 heavy (non-hydrogen) atoms. The molecule has 6 heteroatoms. The molecule has 0 bridgehead atoms. The standard InChI is InChI=1S/C14H20ClNO3S/c1-11-4-6-13(7-5-11)20(17,18)16-9-12(15)8-14(2,10-16)19-3/h4-7,12H,8-10H2,1-3H3/t12-,14-/m0/s1. The van der Waals surface area contributed by atoms with Crippen molar-refractivity contribution in [1.29, 1.82) is 0 Å². The van der Waals surface area contributed by atoms with E-state index in [0.717, 1.165) is 5.56 Å². The van der Waals surface area contributed by atoms with Crippen LogP contribution >= 0.6 is 11.6 Å². The molecule has 1 aliphatic rings. The number of nitrogens with zero attached hydrogens (tertiary/aromatic N) is 1. The molecule has 1 heterocycles. The van der Waals surface area contributed by atoms with Crippen LogP contribution in [0.2, 0.25) is 0 Å². The zero-order valence-corrected chi connectivity index (χ0v) is 13.5. The minimum absolute atomic E-state index is 0.242. The van der Waals surface area contributed by atoms with Gasteiger partial charge in [-0.25, -0.2) is 8.42 Å². The first-order valence-corrected chi connectivity index (χ1v) is 8.40. The summed E-state index contributed by atoms with van der Waals surface area (Å²) in [6.07, 6.45) is 0.644. The number of sulfonamides is 1. The Morgan fingerprint density at radius 3 is 2.50 bits per heavy atom. The summed E-state index contributed by atoms with van der Waals surface area (Å²) in [5.41, 5.74) is 0.488. The maximum atomic E-state index is 12.7. The molecule has 0 unspecified atom stereocenters. The van der Waals surface area contributed by atoms with Crippen LogP contribution in [0, 0.1) is 6.92 Å². The lowest BCUT2D eigenvalue weighted by atomic mass is 9.96. The molecule has 112 valence electrons. The van der Waals surface area contributed by atoms with Crippen molar-refractivity contribution in [3.8, 4) is 0 Å². The SMILES string of the molecule is CO[C@@]1(C)C[C@H](Cl)CN(S(=O)(=O)c2ccc(C)cc2)C1. The maximum Gasteiger partial charge on any atom is 0.243 e. The van der Waals surface area contributed by atoms with Gasteiger partial charge in [-0.1, -0.05) is 17.7 Å². The quantitative estimate of drug-likeness (QED) is 0.804. The van der Waals surface area contributed by atoms with Crippen LogP contribution in [0.25, 0.3) is 0 Å². The van der Waals surface area contributed by atoms with Crippen molar-refractivity contribution in [3.63, 3.8) is 0 Å². The van der Waals surface area contributed by atoms with E-state index in [9.17, 15) is 8.42 Å². The van der Waals surface area contributed by atoms with Crippen LogP contribution in [0.3, 0.4) is 0 Å². The van der Waals surface area contributed by atoms with Gasteiger partial charge in [-0.2, -0.15) is 4.31 Å². The Morgan fingerprint density at radius 2 is 1.95 bits per heavy atom. The van der Waals surface area contributed by atoms with Gasteiger partial charge in [0.1, 0.15) is 0 Å². The van der Waals surface area contributed by atoms with Crippen molar-refractivity contribution in [2.24, 2.45) is 0 Å². The number of aryl methyl sites for hydroxylation is 1. The van der Waals surface area contributed by atoms with Gasteiger partial charge >= 0.3 is 0 Å². The molecule has 1 aliphatic heterocycles. The number of hydrogen-bond acceptors (Lipinski definition) is 3. The lowest BCUT2D eigenvalue weighted by molar-refractivity contribution is -0.0305. The Labute approximate surface area is 125 Å². The largest absolute Gasteiger partial charge is 0.377 e. The summed E-state index contributed by atoms with van der Waals surface area (Å²) in [7, 11) is -1.94. The van der Waals surface area contributed by atoms with Gasteiger partial charge < -0.3 is 4.74 Å². The molecule has 1 aromatic rings. The van der Waals surface area contributed by atoms with E-state index in [4.69, 9.17) is 16.3 Å². The van der Waals surface area contributed by atoms with Crippen molar-refractivity contribution in [2.45, 2.75) is 36.1 Å². The topological polar surface area (TPSA) is 46.6 Å². The van der Waals surface area contributed by atoms with E-state index < -0.39 is 15.6 Å². The van der Waals surface area contributed by atoms with Crippen LogP contribution in [0.5, 0.6) is 0 Å². The molecule has 0 amide bonds. The maximum absolute atomic E-state index is 12.7. The molecule has 2 atom stereocenters. The first-order chi connectivity index (χ1) is 9.27. The molecule has 1 fully saturated rings. The highest BCUT2D eigenvalue weighted by Gasteiger charge is 2.40. The number of halogens is 1. The summed E-state index contributed by atoms with van der Waals surface area (Å²) in [5, 5.41) is -0.242. The second-order valence-corrected chi connectivity index (χ2v) is 8.12. The van der Waals surface area contributed by atoms with Crippen LogP contribution in [0.1, 0.15) is 18.9 Å². The normalized spacial score (nSPS) is 28.5. The van der Waals surface area contributed by atoms with E-state index in [1.165, 1.54) is 4.31 Å². The van der Waals surface area contributed by atoms with Gasteiger partial charge in [-0.3, -0.25) is 0 Å². The number of methoxy groups -OCH3 is 1. The van der Waals surface area contributed by atoms with Crippen LogP contribution in [-0.4, -0.2) is 43.9 Å². The van der Waals surface area contributed by atoms with Gasteiger partial charge in [0.2, 0.25) is 10.0 Å². The third kappa shape index (κ3) is 3.17. The number of piperidine rings is 1. The van der Waals surface area contributed by atoms with Gasteiger partial charge in [0.15, 0.2) is 0 Å². The Kier molecular flexibility index (Phi) is 4.44. The van der Waals surface area contributed by atoms with Crippen molar-refractivity contribution >= 4 is 21.6 Å². The first-order valence-electron chi connectivity index (χ1n) is 6.53.